The molecule has 1 aliphatic carbocycles. The Labute approximate surface area is 125 Å². The molecule has 1 aliphatic rings. The van der Waals surface area contributed by atoms with E-state index in [2.05, 4.69) is 39.0 Å². The summed E-state index contributed by atoms with van der Waals surface area (Å²) in [6, 6.07) is 6.84. The minimum absolute atomic E-state index is 0.0319. The largest absolute Gasteiger partial charge is 0.325 e. The molecule has 1 heteroatoms. The first-order valence-corrected chi connectivity index (χ1v) is 8.37. The predicted molar refractivity (Wildman–Crippen MR) is 88.0 cm³/mol. The van der Waals surface area contributed by atoms with Gasteiger partial charge in [0.1, 0.15) is 0 Å². The van der Waals surface area contributed by atoms with Crippen LogP contribution < -0.4 is 5.73 Å². The number of hydrogen-bond acceptors (Lipinski definition) is 1. The van der Waals surface area contributed by atoms with E-state index in [-0.39, 0.29) is 5.54 Å². The van der Waals surface area contributed by atoms with Crippen LogP contribution in [0.5, 0.6) is 0 Å². The van der Waals surface area contributed by atoms with Crippen molar-refractivity contribution in [3.8, 4) is 0 Å². The number of nitrogens with two attached hydrogens (primary N) is 1. The van der Waals surface area contributed by atoms with Crippen LogP contribution in [-0.4, -0.2) is 5.54 Å². The lowest BCUT2D eigenvalue weighted by Crippen LogP contribution is -2.41. The van der Waals surface area contributed by atoms with E-state index in [1.54, 1.807) is 0 Å². The highest BCUT2D eigenvalue weighted by Gasteiger charge is 2.29. The van der Waals surface area contributed by atoms with Gasteiger partial charge in [-0.3, -0.25) is 0 Å². The normalized spacial score (nSPS) is 27.3. The van der Waals surface area contributed by atoms with Gasteiger partial charge in [-0.1, -0.05) is 50.8 Å². The van der Waals surface area contributed by atoms with E-state index in [1.807, 2.05) is 0 Å². The number of benzene rings is 1. The van der Waals surface area contributed by atoms with E-state index >= 15 is 0 Å². The van der Waals surface area contributed by atoms with Gasteiger partial charge in [0, 0.05) is 5.54 Å². The summed E-state index contributed by atoms with van der Waals surface area (Å²) in [5, 5.41) is 0. The van der Waals surface area contributed by atoms with Gasteiger partial charge in [0.2, 0.25) is 0 Å². The molecule has 0 heterocycles. The lowest BCUT2D eigenvalue weighted by molar-refractivity contribution is 0.355. The lowest BCUT2D eigenvalue weighted by Gasteiger charge is -2.28. The van der Waals surface area contributed by atoms with Gasteiger partial charge in [-0.05, 0) is 62.1 Å². The van der Waals surface area contributed by atoms with E-state index in [9.17, 15) is 0 Å². The van der Waals surface area contributed by atoms with Crippen LogP contribution in [0.15, 0.2) is 18.2 Å². The van der Waals surface area contributed by atoms with Crippen molar-refractivity contribution in [1.29, 1.82) is 0 Å². The van der Waals surface area contributed by atoms with Crippen LogP contribution in [0.4, 0.5) is 0 Å². The Hall–Kier alpha value is -0.820. The quantitative estimate of drug-likeness (QED) is 0.774. The third kappa shape index (κ3) is 4.09. The van der Waals surface area contributed by atoms with Crippen molar-refractivity contribution in [3.63, 3.8) is 0 Å². The molecule has 0 spiro atoms. The van der Waals surface area contributed by atoms with Crippen LogP contribution in [0.2, 0.25) is 0 Å². The maximum Gasteiger partial charge on any atom is 0.0195 e. The van der Waals surface area contributed by atoms with Gasteiger partial charge in [0.25, 0.3) is 0 Å². The molecule has 0 aromatic heterocycles. The Kier molecular flexibility index (Phi) is 5.26. The minimum atomic E-state index is 0.0319. The second kappa shape index (κ2) is 6.76. The molecule has 0 saturated heterocycles. The Morgan fingerprint density at radius 2 is 1.95 bits per heavy atom. The molecular formula is C19H31N. The van der Waals surface area contributed by atoms with Crippen molar-refractivity contribution in [2.24, 2.45) is 11.7 Å². The third-order valence-corrected chi connectivity index (χ3v) is 5.16. The molecule has 2 unspecified atom stereocenters. The first-order chi connectivity index (χ1) is 9.52. The Morgan fingerprint density at radius 1 is 1.15 bits per heavy atom. The second-order valence-electron chi connectivity index (χ2n) is 7.04. The minimum Gasteiger partial charge on any atom is -0.325 e. The molecule has 1 nitrogen and oxygen atoms in total. The van der Waals surface area contributed by atoms with E-state index in [4.69, 9.17) is 5.73 Å². The fourth-order valence-corrected chi connectivity index (χ4v) is 3.70. The van der Waals surface area contributed by atoms with Gasteiger partial charge in [-0.2, -0.15) is 0 Å². The Bertz CT molecular complexity index is 437. The standard InChI is InChI=1S/C19H31N/c1-4-6-17-7-5-11-19(20,12-10-17)14-18-9-8-15(2)16(3)13-18/h8-9,13,17H,4-7,10-12,14,20H2,1-3H3. The van der Waals surface area contributed by atoms with Crippen molar-refractivity contribution in [1.82, 2.24) is 0 Å². The fourth-order valence-electron chi connectivity index (χ4n) is 3.70. The highest BCUT2D eigenvalue weighted by atomic mass is 14.7. The summed E-state index contributed by atoms with van der Waals surface area (Å²) < 4.78 is 0. The summed E-state index contributed by atoms with van der Waals surface area (Å²) in [6.07, 6.45) is 10.2. The van der Waals surface area contributed by atoms with Crippen molar-refractivity contribution < 1.29 is 0 Å². The summed E-state index contributed by atoms with van der Waals surface area (Å²) >= 11 is 0. The Morgan fingerprint density at radius 3 is 2.65 bits per heavy atom. The van der Waals surface area contributed by atoms with E-state index < -0.39 is 0 Å². The zero-order chi connectivity index (χ0) is 14.6. The van der Waals surface area contributed by atoms with Crippen LogP contribution in [0.25, 0.3) is 0 Å². The molecular weight excluding hydrogens is 242 g/mol. The molecule has 2 atom stereocenters. The summed E-state index contributed by atoms with van der Waals surface area (Å²) in [4.78, 5) is 0. The van der Waals surface area contributed by atoms with Crippen LogP contribution in [0, 0.1) is 19.8 Å². The summed E-state index contributed by atoms with van der Waals surface area (Å²) in [6.45, 7) is 6.68. The number of rotatable bonds is 4. The second-order valence-corrected chi connectivity index (χ2v) is 7.04. The summed E-state index contributed by atoms with van der Waals surface area (Å²) in [7, 11) is 0. The first kappa shape index (κ1) is 15.6. The Balaban J connectivity index is 2.01. The van der Waals surface area contributed by atoms with Gasteiger partial charge >= 0.3 is 0 Å². The summed E-state index contributed by atoms with van der Waals surface area (Å²) in [5.41, 5.74) is 11.0. The van der Waals surface area contributed by atoms with Gasteiger partial charge < -0.3 is 5.73 Å². The highest BCUT2D eigenvalue weighted by Crippen LogP contribution is 2.33. The van der Waals surface area contributed by atoms with Crippen molar-refractivity contribution in [2.45, 2.75) is 77.7 Å². The lowest BCUT2D eigenvalue weighted by atomic mass is 9.84. The molecule has 0 bridgehead atoms. The van der Waals surface area contributed by atoms with Gasteiger partial charge in [-0.25, -0.2) is 0 Å². The van der Waals surface area contributed by atoms with E-state index in [0.29, 0.717) is 0 Å². The number of aryl methyl sites for hydroxylation is 2. The molecule has 0 aliphatic heterocycles. The average Bonchev–Trinajstić information content (AvgIpc) is 2.57. The molecule has 0 amide bonds. The average molecular weight is 273 g/mol. The predicted octanol–water partition coefficient (Wildman–Crippen LogP) is 4.92. The van der Waals surface area contributed by atoms with E-state index in [1.165, 1.54) is 61.6 Å². The van der Waals surface area contributed by atoms with Crippen LogP contribution in [0.3, 0.4) is 0 Å². The summed E-state index contributed by atoms with van der Waals surface area (Å²) in [5.74, 6) is 0.921. The van der Waals surface area contributed by atoms with Crippen molar-refractivity contribution in [2.75, 3.05) is 0 Å². The van der Waals surface area contributed by atoms with Gasteiger partial charge in [-0.15, -0.1) is 0 Å². The molecule has 0 radical (unpaired) electrons. The monoisotopic (exact) mass is 273 g/mol. The first-order valence-electron chi connectivity index (χ1n) is 8.37. The topological polar surface area (TPSA) is 26.0 Å². The van der Waals surface area contributed by atoms with Crippen LogP contribution in [-0.2, 0) is 6.42 Å². The fraction of sp³-hybridized carbons (Fsp3) is 0.684. The molecule has 1 fully saturated rings. The molecule has 1 aromatic rings. The highest BCUT2D eigenvalue weighted by molar-refractivity contribution is 5.31. The van der Waals surface area contributed by atoms with Gasteiger partial charge in [0.05, 0.1) is 0 Å². The zero-order valence-electron chi connectivity index (χ0n) is 13.5. The third-order valence-electron chi connectivity index (χ3n) is 5.16. The van der Waals surface area contributed by atoms with Crippen LogP contribution >= 0.6 is 0 Å². The SMILES string of the molecule is CCCC1CCCC(N)(Cc2ccc(C)c(C)c2)CC1. The van der Waals surface area contributed by atoms with E-state index in [0.717, 1.165) is 12.3 Å². The van der Waals surface area contributed by atoms with Crippen molar-refractivity contribution >= 4 is 0 Å². The van der Waals surface area contributed by atoms with Gasteiger partial charge in [0.15, 0.2) is 0 Å². The maximum absolute atomic E-state index is 6.74. The maximum atomic E-state index is 6.74. The molecule has 20 heavy (non-hydrogen) atoms. The molecule has 1 aromatic carbocycles. The molecule has 2 N–H and O–H groups in total. The zero-order valence-corrected chi connectivity index (χ0v) is 13.5. The smallest absolute Gasteiger partial charge is 0.0195 e. The molecule has 1 saturated carbocycles. The molecule has 2 rings (SSSR count). The van der Waals surface area contributed by atoms with Crippen molar-refractivity contribution in [3.05, 3.63) is 34.9 Å². The van der Waals surface area contributed by atoms with Crippen LogP contribution in [0.1, 0.15) is 68.6 Å². The number of hydrogen-bond donors (Lipinski definition) is 1. The molecule has 112 valence electrons.